The summed E-state index contributed by atoms with van der Waals surface area (Å²) < 4.78 is 11.6. The fraction of sp³-hybridized carbons (Fsp3) is 0.130. The fourth-order valence-corrected chi connectivity index (χ4v) is 3.69. The molecule has 0 radical (unpaired) electrons. The molecule has 0 saturated heterocycles. The van der Waals surface area contributed by atoms with E-state index < -0.39 is 0 Å². The Hall–Kier alpha value is -3.44. The first-order chi connectivity index (χ1) is 13.8. The smallest absolute Gasteiger partial charge is 0.336 e. The van der Waals surface area contributed by atoms with Gasteiger partial charge in [-0.25, -0.2) is 4.79 Å². The van der Waals surface area contributed by atoms with Crippen LogP contribution in [0.4, 0.5) is 0 Å². The van der Waals surface area contributed by atoms with Gasteiger partial charge in [0, 0.05) is 36.9 Å². The summed E-state index contributed by atoms with van der Waals surface area (Å²) in [5.74, 6) is 0.767. The van der Waals surface area contributed by atoms with Gasteiger partial charge in [-0.3, -0.25) is 9.88 Å². The van der Waals surface area contributed by atoms with Gasteiger partial charge in [-0.05, 0) is 34.9 Å². The van der Waals surface area contributed by atoms with Crippen LogP contribution in [0, 0.1) is 0 Å². The molecule has 5 rings (SSSR count). The van der Waals surface area contributed by atoms with Crippen LogP contribution in [-0.4, -0.2) is 16.6 Å². The number of nitrogens with zero attached hydrogens (tertiary/aromatic N) is 2. The lowest BCUT2D eigenvalue weighted by Gasteiger charge is -2.29. The zero-order valence-corrected chi connectivity index (χ0v) is 15.2. The predicted molar refractivity (Wildman–Crippen MR) is 107 cm³/mol. The van der Waals surface area contributed by atoms with Crippen LogP contribution < -0.4 is 10.4 Å². The number of pyridine rings is 1. The average Bonchev–Trinajstić information content (AvgIpc) is 2.74. The topological polar surface area (TPSA) is 55.6 Å². The lowest BCUT2D eigenvalue weighted by molar-refractivity contribution is 0.0889. The van der Waals surface area contributed by atoms with Crippen molar-refractivity contribution >= 4 is 11.0 Å². The first-order valence-corrected chi connectivity index (χ1v) is 9.17. The second-order valence-electron chi connectivity index (χ2n) is 6.89. The van der Waals surface area contributed by atoms with Crippen LogP contribution in [0.5, 0.6) is 5.75 Å². The van der Waals surface area contributed by atoms with E-state index in [-0.39, 0.29) is 5.63 Å². The van der Waals surface area contributed by atoms with E-state index >= 15 is 0 Å². The molecule has 4 aromatic rings. The highest BCUT2D eigenvalue weighted by Gasteiger charge is 2.23. The standard InChI is InChI=1S/C23H18N2O3/c26-22-11-19(17-6-2-1-3-7-17)18-8-9-21-20(23(18)28-22)14-25(15-27-21)13-16-5-4-10-24-12-16/h1-12H,13-15H2. The molecule has 0 saturated carbocycles. The molecule has 2 aromatic heterocycles. The number of fused-ring (bicyclic) bond motifs is 3. The van der Waals surface area contributed by atoms with Gasteiger partial charge in [0.15, 0.2) is 0 Å². The van der Waals surface area contributed by atoms with Crippen molar-refractivity contribution in [3.05, 3.63) is 94.6 Å². The molecule has 28 heavy (non-hydrogen) atoms. The van der Waals surface area contributed by atoms with Crippen molar-refractivity contribution in [2.24, 2.45) is 0 Å². The Morgan fingerprint density at radius 2 is 1.93 bits per heavy atom. The maximum absolute atomic E-state index is 12.3. The van der Waals surface area contributed by atoms with Crippen LogP contribution in [0.1, 0.15) is 11.1 Å². The predicted octanol–water partition coefficient (Wildman–Crippen LogP) is 4.21. The molecule has 0 amide bonds. The highest BCUT2D eigenvalue weighted by atomic mass is 16.5. The highest BCUT2D eigenvalue weighted by molar-refractivity contribution is 5.95. The average molecular weight is 370 g/mol. The third-order valence-corrected chi connectivity index (χ3v) is 4.97. The zero-order valence-electron chi connectivity index (χ0n) is 15.2. The van der Waals surface area contributed by atoms with Crippen molar-refractivity contribution in [2.45, 2.75) is 13.1 Å². The molecule has 1 aliphatic rings. The SMILES string of the molecule is O=c1cc(-c2ccccc2)c2ccc3c(c2o1)CN(Cc1cccnc1)CO3. The molecule has 0 N–H and O–H groups in total. The fourth-order valence-electron chi connectivity index (χ4n) is 3.69. The van der Waals surface area contributed by atoms with Crippen molar-refractivity contribution in [3.8, 4) is 16.9 Å². The molecule has 0 atom stereocenters. The maximum Gasteiger partial charge on any atom is 0.336 e. The summed E-state index contributed by atoms with van der Waals surface area (Å²) in [5.41, 5.74) is 4.12. The van der Waals surface area contributed by atoms with E-state index in [2.05, 4.69) is 9.88 Å². The maximum atomic E-state index is 12.3. The van der Waals surface area contributed by atoms with Crippen LogP contribution in [0.2, 0.25) is 0 Å². The summed E-state index contributed by atoms with van der Waals surface area (Å²) >= 11 is 0. The summed E-state index contributed by atoms with van der Waals surface area (Å²) in [6.45, 7) is 1.84. The molecule has 5 heteroatoms. The summed E-state index contributed by atoms with van der Waals surface area (Å²) in [7, 11) is 0. The molecule has 0 aliphatic carbocycles. The van der Waals surface area contributed by atoms with Gasteiger partial charge >= 0.3 is 5.63 Å². The summed E-state index contributed by atoms with van der Waals surface area (Å²) in [5, 5.41) is 0.913. The molecule has 0 spiro atoms. The number of hydrogen-bond donors (Lipinski definition) is 0. The normalized spacial score (nSPS) is 13.9. The van der Waals surface area contributed by atoms with Crippen molar-refractivity contribution in [3.63, 3.8) is 0 Å². The van der Waals surface area contributed by atoms with E-state index in [1.165, 1.54) is 0 Å². The Kier molecular flexibility index (Phi) is 4.14. The number of ether oxygens (including phenoxy) is 1. The Balaban J connectivity index is 1.59. The first kappa shape index (κ1) is 16.7. The Bertz CT molecular complexity index is 1190. The van der Waals surface area contributed by atoms with E-state index in [9.17, 15) is 4.79 Å². The molecule has 0 unspecified atom stereocenters. The van der Waals surface area contributed by atoms with E-state index in [0.717, 1.165) is 33.4 Å². The molecule has 2 aromatic carbocycles. The third-order valence-electron chi connectivity index (χ3n) is 4.97. The molecule has 0 fully saturated rings. The molecule has 138 valence electrons. The Labute approximate surface area is 161 Å². The van der Waals surface area contributed by atoms with Crippen molar-refractivity contribution < 1.29 is 9.15 Å². The zero-order chi connectivity index (χ0) is 18.9. The molecular formula is C23H18N2O3. The van der Waals surface area contributed by atoms with E-state index in [1.807, 2.05) is 60.8 Å². The van der Waals surface area contributed by atoms with E-state index in [1.54, 1.807) is 12.3 Å². The van der Waals surface area contributed by atoms with Gasteiger partial charge < -0.3 is 9.15 Å². The molecule has 3 heterocycles. The number of benzene rings is 2. The second kappa shape index (κ2) is 6.94. The lowest BCUT2D eigenvalue weighted by Crippen LogP contribution is -2.31. The number of aromatic nitrogens is 1. The van der Waals surface area contributed by atoms with Crippen molar-refractivity contribution in [1.82, 2.24) is 9.88 Å². The van der Waals surface area contributed by atoms with Gasteiger partial charge in [-0.15, -0.1) is 0 Å². The quantitative estimate of drug-likeness (QED) is 0.506. The van der Waals surface area contributed by atoms with Gasteiger partial charge in [0.2, 0.25) is 0 Å². The molecular weight excluding hydrogens is 352 g/mol. The minimum atomic E-state index is -0.357. The van der Waals surface area contributed by atoms with Gasteiger partial charge in [0.1, 0.15) is 18.1 Å². The van der Waals surface area contributed by atoms with Gasteiger partial charge in [0.25, 0.3) is 0 Å². The van der Waals surface area contributed by atoms with Crippen LogP contribution in [-0.2, 0) is 13.1 Å². The summed E-state index contributed by atoms with van der Waals surface area (Å²) in [4.78, 5) is 18.6. The largest absolute Gasteiger partial charge is 0.478 e. The molecule has 1 aliphatic heterocycles. The highest BCUT2D eigenvalue weighted by Crippen LogP contribution is 2.36. The van der Waals surface area contributed by atoms with Crippen LogP contribution in [0.15, 0.2) is 82.3 Å². The number of rotatable bonds is 3. The third kappa shape index (κ3) is 3.06. The minimum absolute atomic E-state index is 0.357. The Morgan fingerprint density at radius 1 is 1.04 bits per heavy atom. The summed E-state index contributed by atoms with van der Waals surface area (Å²) in [6, 6.07) is 19.3. The van der Waals surface area contributed by atoms with E-state index in [0.29, 0.717) is 25.4 Å². The second-order valence-corrected chi connectivity index (χ2v) is 6.89. The van der Waals surface area contributed by atoms with Gasteiger partial charge in [0.05, 0.1) is 5.56 Å². The van der Waals surface area contributed by atoms with Gasteiger partial charge in [-0.1, -0.05) is 36.4 Å². The molecule has 0 bridgehead atoms. The first-order valence-electron chi connectivity index (χ1n) is 9.17. The van der Waals surface area contributed by atoms with Crippen LogP contribution >= 0.6 is 0 Å². The Morgan fingerprint density at radius 3 is 2.75 bits per heavy atom. The van der Waals surface area contributed by atoms with Crippen LogP contribution in [0.3, 0.4) is 0 Å². The van der Waals surface area contributed by atoms with Gasteiger partial charge in [-0.2, -0.15) is 0 Å². The summed E-state index contributed by atoms with van der Waals surface area (Å²) in [6.07, 6.45) is 3.62. The lowest BCUT2D eigenvalue weighted by atomic mass is 9.99. The van der Waals surface area contributed by atoms with Crippen molar-refractivity contribution in [1.29, 1.82) is 0 Å². The van der Waals surface area contributed by atoms with Crippen molar-refractivity contribution in [2.75, 3.05) is 6.73 Å². The number of hydrogen-bond acceptors (Lipinski definition) is 5. The monoisotopic (exact) mass is 370 g/mol. The van der Waals surface area contributed by atoms with Crippen LogP contribution in [0.25, 0.3) is 22.1 Å². The minimum Gasteiger partial charge on any atom is -0.478 e. The molecule has 5 nitrogen and oxygen atoms in total. The van der Waals surface area contributed by atoms with E-state index in [4.69, 9.17) is 9.15 Å².